The van der Waals surface area contributed by atoms with E-state index in [-0.39, 0.29) is 5.82 Å². The molecule has 3 aromatic rings. The number of halogens is 4. The smallest absolute Gasteiger partial charge is 0.269 e. The van der Waals surface area contributed by atoms with E-state index in [1.165, 1.54) is 6.20 Å². The predicted molar refractivity (Wildman–Crippen MR) is 80.0 cm³/mol. The highest BCUT2D eigenvalue weighted by Crippen LogP contribution is 2.29. The van der Waals surface area contributed by atoms with Gasteiger partial charge in [0.2, 0.25) is 0 Å². The summed E-state index contributed by atoms with van der Waals surface area (Å²) in [6.07, 6.45) is -1.95. The standard InChI is InChI=1S/C15H8BrF3N2O/c16-12-3-1-2-11-10(12)4-6-20-14(11)21-7-5-9(8-13(21)22)15(17,18)19/h1-8H. The van der Waals surface area contributed by atoms with Crippen molar-refractivity contribution < 1.29 is 13.2 Å². The maximum Gasteiger partial charge on any atom is 0.416 e. The van der Waals surface area contributed by atoms with Crippen molar-refractivity contribution in [1.29, 1.82) is 0 Å². The Balaban J connectivity index is 2.25. The molecule has 0 bridgehead atoms. The van der Waals surface area contributed by atoms with E-state index < -0.39 is 17.3 Å². The van der Waals surface area contributed by atoms with Gasteiger partial charge in [-0.25, -0.2) is 4.98 Å². The van der Waals surface area contributed by atoms with E-state index in [1.807, 2.05) is 6.07 Å². The van der Waals surface area contributed by atoms with E-state index in [1.54, 1.807) is 18.2 Å². The van der Waals surface area contributed by atoms with Crippen molar-refractivity contribution >= 4 is 26.7 Å². The van der Waals surface area contributed by atoms with Gasteiger partial charge in [-0.3, -0.25) is 9.36 Å². The molecule has 0 unspecified atom stereocenters. The van der Waals surface area contributed by atoms with Crippen molar-refractivity contribution in [1.82, 2.24) is 9.55 Å². The highest BCUT2D eigenvalue weighted by Gasteiger charge is 2.31. The minimum Gasteiger partial charge on any atom is -0.269 e. The quantitative estimate of drug-likeness (QED) is 0.646. The molecule has 0 saturated carbocycles. The predicted octanol–water partition coefficient (Wildman–Crippen LogP) is 4.17. The first-order valence-electron chi connectivity index (χ1n) is 6.21. The Morgan fingerprint density at radius 1 is 1.09 bits per heavy atom. The van der Waals surface area contributed by atoms with E-state index >= 15 is 0 Å². The lowest BCUT2D eigenvalue weighted by atomic mass is 10.1. The monoisotopic (exact) mass is 368 g/mol. The van der Waals surface area contributed by atoms with E-state index in [4.69, 9.17) is 0 Å². The topological polar surface area (TPSA) is 34.9 Å². The molecule has 2 aromatic heterocycles. The van der Waals surface area contributed by atoms with Gasteiger partial charge in [-0.1, -0.05) is 28.1 Å². The molecular weight excluding hydrogens is 361 g/mol. The summed E-state index contributed by atoms with van der Waals surface area (Å²) in [4.78, 5) is 16.2. The van der Waals surface area contributed by atoms with E-state index in [0.29, 0.717) is 11.5 Å². The van der Waals surface area contributed by atoms with Gasteiger partial charge in [0.1, 0.15) is 5.82 Å². The molecule has 0 radical (unpaired) electrons. The first-order valence-corrected chi connectivity index (χ1v) is 7.01. The number of pyridine rings is 2. The summed E-state index contributed by atoms with van der Waals surface area (Å²) in [7, 11) is 0. The Hall–Kier alpha value is -2.15. The molecule has 7 heteroatoms. The second kappa shape index (κ2) is 5.24. The number of benzene rings is 1. The van der Waals surface area contributed by atoms with Crippen LogP contribution in [0, 0.1) is 0 Å². The van der Waals surface area contributed by atoms with Crippen molar-refractivity contribution in [2.45, 2.75) is 6.18 Å². The van der Waals surface area contributed by atoms with Crippen molar-refractivity contribution in [2.24, 2.45) is 0 Å². The normalized spacial score (nSPS) is 11.8. The van der Waals surface area contributed by atoms with Gasteiger partial charge in [-0.05, 0) is 18.2 Å². The van der Waals surface area contributed by atoms with Gasteiger partial charge in [0, 0.05) is 33.7 Å². The first-order chi connectivity index (χ1) is 10.4. The minimum atomic E-state index is -4.55. The molecule has 0 spiro atoms. The Labute approximate surface area is 131 Å². The van der Waals surface area contributed by atoms with E-state index in [0.717, 1.165) is 26.7 Å². The van der Waals surface area contributed by atoms with Gasteiger partial charge in [-0.15, -0.1) is 0 Å². The molecule has 0 aliphatic rings. The summed E-state index contributed by atoms with van der Waals surface area (Å²) in [5, 5.41) is 1.48. The molecule has 2 heterocycles. The Kier molecular flexibility index (Phi) is 3.52. The number of alkyl halides is 3. The van der Waals surface area contributed by atoms with Crippen LogP contribution in [0.4, 0.5) is 13.2 Å². The fourth-order valence-electron chi connectivity index (χ4n) is 2.18. The highest BCUT2D eigenvalue weighted by atomic mass is 79.9. The zero-order chi connectivity index (χ0) is 15.9. The molecule has 22 heavy (non-hydrogen) atoms. The third-order valence-corrected chi connectivity index (χ3v) is 3.90. The van der Waals surface area contributed by atoms with Crippen LogP contribution in [-0.4, -0.2) is 9.55 Å². The maximum atomic E-state index is 12.6. The number of hydrogen-bond acceptors (Lipinski definition) is 2. The van der Waals surface area contributed by atoms with Crippen LogP contribution >= 0.6 is 15.9 Å². The maximum absolute atomic E-state index is 12.6. The zero-order valence-corrected chi connectivity index (χ0v) is 12.5. The van der Waals surface area contributed by atoms with Crippen molar-refractivity contribution in [2.75, 3.05) is 0 Å². The molecule has 0 saturated heterocycles. The average Bonchev–Trinajstić information content (AvgIpc) is 2.46. The summed E-state index contributed by atoms with van der Waals surface area (Å²) in [6, 6.07) is 8.55. The number of hydrogen-bond donors (Lipinski definition) is 0. The van der Waals surface area contributed by atoms with Crippen LogP contribution in [0.1, 0.15) is 5.56 Å². The lowest BCUT2D eigenvalue weighted by Crippen LogP contribution is -2.21. The molecule has 1 aromatic carbocycles. The average molecular weight is 369 g/mol. The largest absolute Gasteiger partial charge is 0.416 e. The molecule has 0 fully saturated rings. The second-order valence-electron chi connectivity index (χ2n) is 4.59. The molecular formula is C15H8BrF3N2O. The summed E-state index contributed by atoms with van der Waals surface area (Å²) in [5.41, 5.74) is -1.76. The molecule has 0 aliphatic carbocycles. The van der Waals surface area contributed by atoms with Gasteiger partial charge >= 0.3 is 6.18 Å². The van der Waals surface area contributed by atoms with Crippen LogP contribution in [0.25, 0.3) is 16.6 Å². The molecule has 3 nitrogen and oxygen atoms in total. The molecule has 0 atom stereocenters. The second-order valence-corrected chi connectivity index (χ2v) is 5.45. The Morgan fingerprint density at radius 2 is 1.86 bits per heavy atom. The van der Waals surface area contributed by atoms with Crippen LogP contribution in [0.5, 0.6) is 0 Å². The third kappa shape index (κ3) is 2.52. The van der Waals surface area contributed by atoms with Crippen LogP contribution in [0.15, 0.2) is 58.1 Å². The van der Waals surface area contributed by atoms with Crippen molar-refractivity contribution in [3.63, 3.8) is 0 Å². The van der Waals surface area contributed by atoms with Crippen molar-refractivity contribution in [3.05, 3.63) is 69.2 Å². The molecule has 112 valence electrons. The summed E-state index contributed by atoms with van der Waals surface area (Å²) in [6.45, 7) is 0. The fraction of sp³-hybridized carbons (Fsp3) is 0.0667. The molecule has 3 rings (SSSR count). The highest BCUT2D eigenvalue weighted by molar-refractivity contribution is 9.10. The molecule has 0 amide bonds. The summed E-state index contributed by atoms with van der Waals surface area (Å²) in [5.74, 6) is 0.289. The number of rotatable bonds is 1. The Morgan fingerprint density at radius 3 is 2.55 bits per heavy atom. The number of nitrogens with zero attached hydrogens (tertiary/aromatic N) is 2. The van der Waals surface area contributed by atoms with Crippen LogP contribution in [0.2, 0.25) is 0 Å². The van der Waals surface area contributed by atoms with Crippen molar-refractivity contribution in [3.8, 4) is 5.82 Å². The van der Waals surface area contributed by atoms with Crippen LogP contribution in [-0.2, 0) is 6.18 Å². The van der Waals surface area contributed by atoms with E-state index in [2.05, 4.69) is 20.9 Å². The van der Waals surface area contributed by atoms with Gasteiger partial charge in [0.25, 0.3) is 5.56 Å². The lowest BCUT2D eigenvalue weighted by molar-refractivity contribution is -0.137. The number of fused-ring (bicyclic) bond motifs is 1. The SMILES string of the molecule is O=c1cc(C(F)(F)F)ccn1-c1nccc2c(Br)cccc12. The fourth-order valence-corrected chi connectivity index (χ4v) is 2.67. The number of aromatic nitrogens is 2. The first kappa shape index (κ1) is 14.8. The van der Waals surface area contributed by atoms with Gasteiger partial charge in [-0.2, -0.15) is 13.2 Å². The van der Waals surface area contributed by atoms with Gasteiger partial charge in [0.15, 0.2) is 0 Å². The Bertz CT molecular complexity index is 919. The van der Waals surface area contributed by atoms with Crippen LogP contribution < -0.4 is 5.56 Å². The summed E-state index contributed by atoms with van der Waals surface area (Å²) < 4.78 is 39.8. The van der Waals surface area contributed by atoms with Gasteiger partial charge < -0.3 is 0 Å². The summed E-state index contributed by atoms with van der Waals surface area (Å²) >= 11 is 3.40. The van der Waals surface area contributed by atoms with Gasteiger partial charge in [0.05, 0.1) is 5.56 Å². The minimum absolute atomic E-state index is 0.289. The van der Waals surface area contributed by atoms with Crippen LogP contribution in [0.3, 0.4) is 0 Å². The zero-order valence-electron chi connectivity index (χ0n) is 10.9. The van der Waals surface area contributed by atoms with E-state index in [9.17, 15) is 18.0 Å². The lowest BCUT2D eigenvalue weighted by Gasteiger charge is -2.11. The molecule has 0 aliphatic heterocycles. The molecule has 0 N–H and O–H groups in total. The third-order valence-electron chi connectivity index (χ3n) is 3.21.